The number of hydrogen-bond acceptors (Lipinski definition) is 4. The lowest BCUT2D eigenvalue weighted by Crippen LogP contribution is -2.24. The lowest BCUT2D eigenvalue weighted by atomic mass is 10.2. The Morgan fingerprint density at radius 2 is 2.18 bits per heavy atom. The molecule has 0 unspecified atom stereocenters. The van der Waals surface area contributed by atoms with Crippen molar-refractivity contribution in [2.75, 3.05) is 0 Å². The molecule has 1 aromatic carbocycles. The summed E-state index contributed by atoms with van der Waals surface area (Å²) in [5.74, 6) is -0.0607. The van der Waals surface area contributed by atoms with E-state index in [2.05, 4.69) is 39.0 Å². The number of carbonyl (C=O) groups excluding carboxylic acids is 1. The molecule has 0 saturated heterocycles. The second kappa shape index (κ2) is 8.12. The van der Waals surface area contributed by atoms with Gasteiger partial charge in [0, 0.05) is 46.8 Å². The molecular weight excluding hydrogens is 392 g/mol. The minimum Gasteiger partial charge on any atom is -0.352 e. The van der Waals surface area contributed by atoms with Crippen molar-refractivity contribution in [3.63, 3.8) is 0 Å². The van der Waals surface area contributed by atoms with Crippen LogP contribution >= 0.6 is 22.9 Å². The summed E-state index contributed by atoms with van der Waals surface area (Å²) in [6.07, 6.45) is 4.14. The number of thiazole rings is 1. The van der Waals surface area contributed by atoms with Gasteiger partial charge < -0.3 is 9.88 Å². The van der Waals surface area contributed by atoms with E-state index in [9.17, 15) is 4.79 Å². The Morgan fingerprint density at radius 1 is 1.29 bits per heavy atom. The molecule has 142 valence electrons. The number of halogens is 1. The molecule has 0 saturated carbocycles. The van der Waals surface area contributed by atoms with Gasteiger partial charge in [-0.3, -0.25) is 4.79 Å². The van der Waals surface area contributed by atoms with Gasteiger partial charge in [0.05, 0.1) is 12.1 Å². The van der Waals surface area contributed by atoms with Crippen LogP contribution in [-0.4, -0.2) is 20.4 Å². The number of aryl methyl sites for hydroxylation is 1. The molecule has 0 radical (unpaired) electrons. The monoisotopic (exact) mass is 410 g/mol. The smallest absolute Gasteiger partial charge is 0.226 e. The molecule has 1 amide bonds. The minimum atomic E-state index is -0.0607. The standard InChI is InChI=1S/C21H19ClN4OS/c1-2-26-12-18(17-7-4-8-23-20(17)26)21-25-16(13-28-21)10-19(27)24-11-14-5-3-6-15(22)9-14/h3-9,12-13H,2,10-11H2,1H3,(H,24,27). The third kappa shape index (κ3) is 3.93. The highest BCUT2D eigenvalue weighted by Crippen LogP contribution is 2.31. The van der Waals surface area contributed by atoms with Gasteiger partial charge in [-0.15, -0.1) is 11.3 Å². The zero-order chi connectivity index (χ0) is 19.5. The predicted molar refractivity (Wildman–Crippen MR) is 114 cm³/mol. The fraction of sp³-hybridized carbons (Fsp3) is 0.190. The van der Waals surface area contributed by atoms with Gasteiger partial charge in [0.1, 0.15) is 10.7 Å². The Balaban J connectivity index is 1.47. The first-order valence-electron chi connectivity index (χ1n) is 9.04. The van der Waals surface area contributed by atoms with E-state index >= 15 is 0 Å². The van der Waals surface area contributed by atoms with Crippen molar-refractivity contribution in [1.82, 2.24) is 19.9 Å². The number of nitrogens with zero attached hydrogens (tertiary/aromatic N) is 3. The zero-order valence-electron chi connectivity index (χ0n) is 15.4. The van der Waals surface area contributed by atoms with Crippen molar-refractivity contribution in [2.24, 2.45) is 0 Å². The molecular formula is C21H19ClN4OS. The molecule has 3 heterocycles. The molecule has 4 aromatic rings. The van der Waals surface area contributed by atoms with E-state index in [1.54, 1.807) is 17.5 Å². The Bertz CT molecular complexity index is 1130. The van der Waals surface area contributed by atoms with Crippen molar-refractivity contribution in [3.05, 3.63) is 70.5 Å². The maximum atomic E-state index is 12.3. The topological polar surface area (TPSA) is 59.8 Å². The number of aromatic nitrogens is 3. The van der Waals surface area contributed by atoms with Crippen molar-refractivity contribution in [2.45, 2.75) is 26.4 Å². The summed E-state index contributed by atoms with van der Waals surface area (Å²) in [6.45, 7) is 3.39. The van der Waals surface area contributed by atoms with Crippen LogP contribution in [0, 0.1) is 0 Å². The fourth-order valence-corrected chi connectivity index (χ4v) is 4.18. The lowest BCUT2D eigenvalue weighted by molar-refractivity contribution is -0.120. The van der Waals surface area contributed by atoms with Gasteiger partial charge >= 0.3 is 0 Å². The number of nitrogens with one attached hydrogen (secondary N) is 1. The Morgan fingerprint density at radius 3 is 3.00 bits per heavy atom. The normalized spacial score (nSPS) is 11.1. The summed E-state index contributed by atoms with van der Waals surface area (Å²) in [5, 5.41) is 7.51. The van der Waals surface area contributed by atoms with Crippen molar-refractivity contribution in [1.29, 1.82) is 0 Å². The van der Waals surface area contributed by atoms with Crippen LogP contribution in [0.3, 0.4) is 0 Å². The molecule has 0 fully saturated rings. The lowest BCUT2D eigenvalue weighted by Gasteiger charge is -2.04. The largest absolute Gasteiger partial charge is 0.352 e. The number of benzene rings is 1. The van der Waals surface area contributed by atoms with Gasteiger partial charge in [-0.1, -0.05) is 23.7 Å². The maximum absolute atomic E-state index is 12.3. The molecule has 5 nitrogen and oxygen atoms in total. The summed E-state index contributed by atoms with van der Waals surface area (Å²) < 4.78 is 2.11. The van der Waals surface area contributed by atoms with Gasteiger partial charge in [0.2, 0.25) is 5.91 Å². The second-order valence-electron chi connectivity index (χ2n) is 6.43. The average Bonchev–Trinajstić information content (AvgIpc) is 3.30. The molecule has 1 N–H and O–H groups in total. The van der Waals surface area contributed by atoms with Crippen LogP contribution in [0.5, 0.6) is 0 Å². The van der Waals surface area contributed by atoms with Gasteiger partial charge in [-0.05, 0) is 36.8 Å². The van der Waals surface area contributed by atoms with Gasteiger partial charge in [0.25, 0.3) is 0 Å². The molecule has 4 rings (SSSR count). The van der Waals surface area contributed by atoms with E-state index < -0.39 is 0 Å². The van der Waals surface area contributed by atoms with Crippen LogP contribution in [0.1, 0.15) is 18.2 Å². The van der Waals surface area contributed by atoms with E-state index in [1.807, 2.05) is 35.7 Å². The first-order chi connectivity index (χ1) is 13.6. The predicted octanol–water partition coefficient (Wildman–Crippen LogP) is 4.69. The number of carbonyl (C=O) groups is 1. The molecule has 7 heteroatoms. The Hall–Kier alpha value is -2.70. The molecule has 0 aliphatic carbocycles. The first kappa shape index (κ1) is 18.7. The van der Waals surface area contributed by atoms with E-state index in [4.69, 9.17) is 11.6 Å². The Labute approximate surface area is 172 Å². The van der Waals surface area contributed by atoms with Crippen LogP contribution in [0.4, 0.5) is 0 Å². The molecule has 3 aromatic heterocycles. The van der Waals surface area contributed by atoms with Crippen molar-refractivity contribution < 1.29 is 4.79 Å². The second-order valence-corrected chi connectivity index (χ2v) is 7.73. The summed E-state index contributed by atoms with van der Waals surface area (Å²) in [5.41, 5.74) is 3.75. The Kier molecular flexibility index (Phi) is 5.41. The van der Waals surface area contributed by atoms with Crippen LogP contribution in [0.15, 0.2) is 54.2 Å². The summed E-state index contributed by atoms with van der Waals surface area (Å²) in [7, 11) is 0. The molecule has 0 bridgehead atoms. The maximum Gasteiger partial charge on any atom is 0.226 e. The number of fused-ring (bicyclic) bond motifs is 1. The van der Waals surface area contributed by atoms with Gasteiger partial charge in [-0.2, -0.15) is 0 Å². The minimum absolute atomic E-state index is 0.0607. The number of hydrogen-bond donors (Lipinski definition) is 1. The zero-order valence-corrected chi connectivity index (χ0v) is 16.9. The molecule has 0 aliphatic rings. The highest BCUT2D eigenvalue weighted by atomic mass is 35.5. The van der Waals surface area contributed by atoms with E-state index in [-0.39, 0.29) is 12.3 Å². The van der Waals surface area contributed by atoms with Gasteiger partial charge in [-0.25, -0.2) is 9.97 Å². The highest BCUT2D eigenvalue weighted by Gasteiger charge is 2.14. The van der Waals surface area contributed by atoms with Crippen LogP contribution in [-0.2, 0) is 24.3 Å². The summed E-state index contributed by atoms with van der Waals surface area (Å²) >= 11 is 7.53. The number of amides is 1. The van der Waals surface area contributed by atoms with Crippen LogP contribution in [0.25, 0.3) is 21.6 Å². The summed E-state index contributed by atoms with van der Waals surface area (Å²) in [6, 6.07) is 11.5. The van der Waals surface area contributed by atoms with E-state index in [0.29, 0.717) is 11.6 Å². The first-order valence-corrected chi connectivity index (χ1v) is 10.3. The van der Waals surface area contributed by atoms with Gasteiger partial charge in [0.15, 0.2) is 0 Å². The fourth-order valence-electron chi connectivity index (χ4n) is 3.12. The third-order valence-electron chi connectivity index (χ3n) is 4.48. The van der Waals surface area contributed by atoms with Crippen LogP contribution in [0.2, 0.25) is 5.02 Å². The molecule has 0 spiro atoms. The number of rotatable bonds is 6. The average molecular weight is 411 g/mol. The molecule has 0 aliphatic heterocycles. The van der Waals surface area contributed by atoms with Crippen molar-refractivity contribution in [3.8, 4) is 10.6 Å². The van der Waals surface area contributed by atoms with E-state index in [1.165, 1.54) is 0 Å². The highest BCUT2D eigenvalue weighted by molar-refractivity contribution is 7.13. The summed E-state index contributed by atoms with van der Waals surface area (Å²) in [4.78, 5) is 21.4. The number of pyridine rings is 1. The third-order valence-corrected chi connectivity index (χ3v) is 5.64. The quantitative estimate of drug-likeness (QED) is 0.501. The molecule has 28 heavy (non-hydrogen) atoms. The van der Waals surface area contributed by atoms with E-state index in [0.717, 1.165) is 39.4 Å². The van der Waals surface area contributed by atoms with Crippen LogP contribution < -0.4 is 5.32 Å². The molecule has 0 atom stereocenters. The SMILES string of the molecule is CCn1cc(-c2nc(CC(=O)NCc3cccc(Cl)c3)cs2)c2cccnc21. The van der Waals surface area contributed by atoms with Crippen molar-refractivity contribution >= 4 is 39.9 Å².